The molecular weight excluding hydrogens is 200 g/mol. The molecule has 2 unspecified atom stereocenters. The van der Waals surface area contributed by atoms with Crippen LogP contribution in [0.3, 0.4) is 0 Å². The smallest absolute Gasteiger partial charge is 0.407 e. The molecule has 0 saturated heterocycles. The highest BCUT2D eigenvalue weighted by atomic mass is 16.5. The van der Waals surface area contributed by atoms with Crippen LogP contribution in [0.25, 0.3) is 0 Å². The van der Waals surface area contributed by atoms with Gasteiger partial charge in [-0.25, -0.2) is 4.79 Å². The first-order chi connectivity index (χ1) is 7.13. The predicted octanol–water partition coefficient (Wildman–Crippen LogP) is -0.936. The number of alkyl carbamates (subject to hydrolysis) is 1. The van der Waals surface area contributed by atoms with Gasteiger partial charge in [-0.15, -0.1) is 0 Å². The molecule has 0 aliphatic rings. The van der Waals surface area contributed by atoms with E-state index in [1.54, 1.807) is 7.05 Å². The van der Waals surface area contributed by atoms with Gasteiger partial charge in [-0.05, 0) is 13.5 Å². The fourth-order valence-corrected chi connectivity index (χ4v) is 0.898. The Morgan fingerprint density at radius 1 is 1.53 bits per heavy atom. The number of amides is 1. The van der Waals surface area contributed by atoms with Crippen LogP contribution in [0.5, 0.6) is 0 Å². The fraction of sp³-hybridized carbons (Fsp3) is 0.889. The zero-order valence-corrected chi connectivity index (χ0v) is 9.19. The summed E-state index contributed by atoms with van der Waals surface area (Å²) in [5, 5.41) is 22.8. The molecule has 0 aliphatic heterocycles. The van der Waals surface area contributed by atoms with Crippen molar-refractivity contribution in [3.05, 3.63) is 0 Å². The SMILES string of the molecule is CCC(COC(=O)NCC(O)CO)NC. The summed E-state index contributed by atoms with van der Waals surface area (Å²) in [6.07, 6.45) is -0.664. The van der Waals surface area contributed by atoms with Gasteiger partial charge >= 0.3 is 6.09 Å². The monoisotopic (exact) mass is 220 g/mol. The molecule has 0 bridgehead atoms. The lowest BCUT2D eigenvalue weighted by Gasteiger charge is -2.14. The van der Waals surface area contributed by atoms with Crippen molar-refractivity contribution >= 4 is 6.09 Å². The first kappa shape index (κ1) is 14.2. The molecule has 90 valence electrons. The van der Waals surface area contributed by atoms with Gasteiger partial charge in [0.05, 0.1) is 12.7 Å². The summed E-state index contributed by atoms with van der Waals surface area (Å²) in [5.41, 5.74) is 0. The van der Waals surface area contributed by atoms with Gasteiger partial charge in [0, 0.05) is 12.6 Å². The number of likely N-dealkylation sites (N-methyl/N-ethyl adjacent to an activating group) is 1. The molecule has 2 atom stereocenters. The second-order valence-corrected chi connectivity index (χ2v) is 3.21. The Hall–Kier alpha value is -0.850. The lowest BCUT2D eigenvalue weighted by atomic mass is 10.2. The molecule has 0 aliphatic carbocycles. The number of rotatable bonds is 7. The molecule has 0 aromatic heterocycles. The number of carbonyl (C=O) groups excluding carboxylic acids is 1. The van der Waals surface area contributed by atoms with E-state index in [4.69, 9.17) is 14.9 Å². The highest BCUT2D eigenvalue weighted by Gasteiger charge is 2.09. The minimum atomic E-state index is -0.941. The molecule has 0 saturated carbocycles. The molecule has 6 nitrogen and oxygen atoms in total. The normalized spacial score (nSPS) is 14.4. The summed E-state index contributed by atoms with van der Waals surface area (Å²) in [4.78, 5) is 11.0. The quantitative estimate of drug-likeness (QED) is 0.445. The van der Waals surface area contributed by atoms with Crippen LogP contribution < -0.4 is 10.6 Å². The second-order valence-electron chi connectivity index (χ2n) is 3.21. The van der Waals surface area contributed by atoms with Crippen molar-refractivity contribution in [1.82, 2.24) is 10.6 Å². The van der Waals surface area contributed by atoms with Gasteiger partial charge in [0.2, 0.25) is 0 Å². The highest BCUT2D eigenvalue weighted by molar-refractivity contribution is 5.67. The highest BCUT2D eigenvalue weighted by Crippen LogP contribution is 1.91. The Bertz CT molecular complexity index is 173. The lowest BCUT2D eigenvalue weighted by molar-refractivity contribution is 0.0869. The first-order valence-corrected chi connectivity index (χ1v) is 5.00. The maximum Gasteiger partial charge on any atom is 0.407 e. The van der Waals surface area contributed by atoms with E-state index in [0.717, 1.165) is 6.42 Å². The van der Waals surface area contributed by atoms with Crippen LogP contribution in [0.2, 0.25) is 0 Å². The number of hydrogen-bond acceptors (Lipinski definition) is 5. The van der Waals surface area contributed by atoms with Crippen molar-refractivity contribution in [3.8, 4) is 0 Å². The third kappa shape index (κ3) is 7.12. The van der Waals surface area contributed by atoms with Crippen molar-refractivity contribution in [2.45, 2.75) is 25.5 Å². The minimum absolute atomic E-state index is 0.00826. The predicted molar refractivity (Wildman–Crippen MR) is 55.6 cm³/mol. The Morgan fingerprint density at radius 3 is 2.67 bits per heavy atom. The molecule has 0 aromatic carbocycles. The van der Waals surface area contributed by atoms with Crippen LogP contribution in [0.1, 0.15) is 13.3 Å². The summed E-state index contributed by atoms with van der Waals surface area (Å²) >= 11 is 0. The van der Waals surface area contributed by atoms with E-state index in [-0.39, 0.29) is 25.8 Å². The van der Waals surface area contributed by atoms with Gasteiger partial charge in [-0.1, -0.05) is 6.92 Å². The first-order valence-electron chi connectivity index (χ1n) is 5.00. The van der Waals surface area contributed by atoms with Gasteiger partial charge in [0.15, 0.2) is 0 Å². The molecule has 0 spiro atoms. The van der Waals surface area contributed by atoms with Gasteiger partial charge in [-0.2, -0.15) is 0 Å². The average molecular weight is 220 g/mol. The average Bonchev–Trinajstić information content (AvgIpc) is 2.27. The molecule has 4 N–H and O–H groups in total. The Balaban J connectivity index is 3.56. The van der Waals surface area contributed by atoms with Crippen LogP contribution in [0, 0.1) is 0 Å². The third-order valence-electron chi connectivity index (χ3n) is 2.01. The minimum Gasteiger partial charge on any atom is -0.448 e. The maximum absolute atomic E-state index is 11.0. The van der Waals surface area contributed by atoms with Gasteiger partial charge in [0.1, 0.15) is 6.61 Å². The van der Waals surface area contributed by atoms with Crippen LogP contribution >= 0.6 is 0 Å². The van der Waals surface area contributed by atoms with Crippen molar-refractivity contribution in [2.75, 3.05) is 26.8 Å². The van der Waals surface area contributed by atoms with Crippen molar-refractivity contribution < 1.29 is 19.7 Å². The second kappa shape index (κ2) is 8.46. The van der Waals surface area contributed by atoms with E-state index in [2.05, 4.69) is 10.6 Å². The van der Waals surface area contributed by atoms with E-state index < -0.39 is 12.2 Å². The zero-order chi connectivity index (χ0) is 11.7. The standard InChI is InChI=1S/C9H20N2O4/c1-3-7(10-2)6-15-9(14)11-4-8(13)5-12/h7-8,10,12-13H,3-6H2,1-2H3,(H,11,14). The number of aliphatic hydroxyl groups excluding tert-OH is 2. The molecule has 0 fully saturated rings. The van der Waals surface area contributed by atoms with Crippen molar-refractivity contribution in [2.24, 2.45) is 0 Å². The number of hydrogen-bond donors (Lipinski definition) is 4. The summed E-state index contributed by atoms with van der Waals surface area (Å²) in [7, 11) is 1.80. The molecule has 6 heteroatoms. The number of nitrogens with one attached hydrogen (secondary N) is 2. The van der Waals surface area contributed by atoms with E-state index in [0.29, 0.717) is 0 Å². The molecule has 0 rings (SSSR count). The molecule has 0 radical (unpaired) electrons. The van der Waals surface area contributed by atoms with Crippen molar-refractivity contribution in [3.63, 3.8) is 0 Å². The van der Waals surface area contributed by atoms with Crippen LogP contribution in [0.15, 0.2) is 0 Å². The van der Waals surface area contributed by atoms with Crippen LogP contribution in [0.4, 0.5) is 4.79 Å². The topological polar surface area (TPSA) is 90.8 Å². The van der Waals surface area contributed by atoms with E-state index in [9.17, 15) is 4.79 Å². The van der Waals surface area contributed by atoms with E-state index in [1.807, 2.05) is 6.92 Å². The number of carbonyl (C=O) groups is 1. The van der Waals surface area contributed by atoms with Gasteiger partial charge in [0.25, 0.3) is 0 Å². The van der Waals surface area contributed by atoms with E-state index in [1.165, 1.54) is 0 Å². The largest absolute Gasteiger partial charge is 0.448 e. The number of ether oxygens (including phenoxy) is 1. The maximum atomic E-state index is 11.0. The fourth-order valence-electron chi connectivity index (χ4n) is 0.898. The zero-order valence-electron chi connectivity index (χ0n) is 9.19. The summed E-state index contributed by atoms with van der Waals surface area (Å²) in [5.74, 6) is 0. The van der Waals surface area contributed by atoms with Gasteiger partial charge < -0.3 is 25.6 Å². The molecular formula is C9H20N2O4. The molecule has 15 heavy (non-hydrogen) atoms. The van der Waals surface area contributed by atoms with Crippen LogP contribution in [-0.4, -0.2) is 55.3 Å². The van der Waals surface area contributed by atoms with Gasteiger partial charge in [-0.3, -0.25) is 0 Å². The van der Waals surface area contributed by atoms with Crippen molar-refractivity contribution in [1.29, 1.82) is 0 Å². The third-order valence-corrected chi connectivity index (χ3v) is 2.01. The summed E-state index contributed by atoms with van der Waals surface area (Å²) < 4.78 is 4.88. The Kier molecular flexibility index (Phi) is 7.98. The molecule has 1 amide bonds. The summed E-state index contributed by atoms with van der Waals surface area (Å²) in [6.45, 7) is 1.88. The van der Waals surface area contributed by atoms with Crippen LogP contribution in [-0.2, 0) is 4.74 Å². The Labute approximate surface area is 89.6 Å². The van der Waals surface area contributed by atoms with E-state index >= 15 is 0 Å². The molecule has 0 heterocycles. The number of aliphatic hydroxyl groups is 2. The summed E-state index contributed by atoms with van der Waals surface area (Å²) in [6, 6.07) is 0.138. The Morgan fingerprint density at radius 2 is 2.20 bits per heavy atom. The molecule has 0 aromatic rings. The lowest BCUT2D eigenvalue weighted by Crippen LogP contribution is -2.37.